The van der Waals surface area contributed by atoms with Gasteiger partial charge in [0.15, 0.2) is 0 Å². The number of nitrogens with one attached hydrogen (secondary N) is 1. The number of carbonyl (C=O) groups excluding carboxylic acids is 2. The van der Waals surface area contributed by atoms with E-state index in [0.29, 0.717) is 43.3 Å². The van der Waals surface area contributed by atoms with Crippen molar-refractivity contribution in [3.8, 4) is 0 Å². The summed E-state index contributed by atoms with van der Waals surface area (Å²) in [5, 5.41) is 3.63. The highest BCUT2D eigenvalue weighted by atomic mass is 35.5. The van der Waals surface area contributed by atoms with E-state index in [4.69, 9.17) is 11.6 Å². The van der Waals surface area contributed by atoms with Crippen molar-refractivity contribution in [1.29, 1.82) is 0 Å². The van der Waals surface area contributed by atoms with Gasteiger partial charge in [-0.05, 0) is 36.2 Å². The number of pyridine rings is 1. The smallest absolute Gasteiger partial charge is 0.251 e. The third-order valence-electron chi connectivity index (χ3n) is 4.38. The van der Waals surface area contributed by atoms with E-state index >= 15 is 0 Å². The van der Waals surface area contributed by atoms with E-state index in [1.165, 1.54) is 0 Å². The SMILES string of the molecule is O=CN1CCN(c2cc(C(=O)NCCc3cccc(Cl)c3)ccn2)CC1. The van der Waals surface area contributed by atoms with E-state index in [-0.39, 0.29) is 5.91 Å². The van der Waals surface area contributed by atoms with Gasteiger partial charge < -0.3 is 15.1 Å². The highest BCUT2D eigenvalue weighted by molar-refractivity contribution is 6.30. The zero-order chi connectivity index (χ0) is 18.4. The monoisotopic (exact) mass is 372 g/mol. The summed E-state index contributed by atoms with van der Waals surface area (Å²) >= 11 is 5.97. The van der Waals surface area contributed by atoms with Crippen LogP contribution in [0.5, 0.6) is 0 Å². The lowest BCUT2D eigenvalue weighted by atomic mass is 10.1. The van der Waals surface area contributed by atoms with Crippen LogP contribution in [0, 0.1) is 0 Å². The Morgan fingerprint density at radius 2 is 2.00 bits per heavy atom. The average molecular weight is 373 g/mol. The molecular weight excluding hydrogens is 352 g/mol. The van der Waals surface area contributed by atoms with Crippen molar-refractivity contribution < 1.29 is 9.59 Å². The second-order valence-corrected chi connectivity index (χ2v) is 6.60. The summed E-state index contributed by atoms with van der Waals surface area (Å²) in [5.41, 5.74) is 1.67. The molecule has 1 aromatic carbocycles. The maximum atomic E-state index is 12.4. The fourth-order valence-electron chi connectivity index (χ4n) is 2.90. The van der Waals surface area contributed by atoms with Gasteiger partial charge in [-0.15, -0.1) is 0 Å². The number of benzene rings is 1. The lowest BCUT2D eigenvalue weighted by Crippen LogP contribution is -2.46. The lowest BCUT2D eigenvalue weighted by molar-refractivity contribution is -0.118. The molecule has 0 bridgehead atoms. The van der Waals surface area contributed by atoms with Gasteiger partial charge in [-0.25, -0.2) is 4.98 Å². The molecule has 2 heterocycles. The van der Waals surface area contributed by atoms with Crippen molar-refractivity contribution in [2.75, 3.05) is 37.6 Å². The average Bonchev–Trinajstić information content (AvgIpc) is 2.68. The Labute approximate surface area is 157 Å². The largest absolute Gasteiger partial charge is 0.353 e. The van der Waals surface area contributed by atoms with Crippen LogP contribution < -0.4 is 10.2 Å². The van der Waals surface area contributed by atoms with E-state index < -0.39 is 0 Å². The van der Waals surface area contributed by atoms with Crippen molar-refractivity contribution >= 4 is 29.7 Å². The Morgan fingerprint density at radius 1 is 1.19 bits per heavy atom. The van der Waals surface area contributed by atoms with Crippen molar-refractivity contribution in [2.24, 2.45) is 0 Å². The molecule has 3 rings (SSSR count). The normalized spacial score (nSPS) is 14.2. The predicted octanol–water partition coefficient (Wildman–Crippen LogP) is 1.99. The first-order valence-corrected chi connectivity index (χ1v) is 8.96. The molecule has 26 heavy (non-hydrogen) atoms. The molecule has 7 heteroatoms. The van der Waals surface area contributed by atoms with E-state index in [0.717, 1.165) is 24.2 Å². The van der Waals surface area contributed by atoms with E-state index in [1.807, 2.05) is 24.3 Å². The number of rotatable bonds is 6. The molecule has 2 aromatic rings. The second-order valence-electron chi connectivity index (χ2n) is 6.17. The number of anilines is 1. The molecule has 1 N–H and O–H groups in total. The molecule has 1 aliphatic rings. The Morgan fingerprint density at radius 3 is 2.73 bits per heavy atom. The summed E-state index contributed by atoms with van der Waals surface area (Å²) in [7, 11) is 0. The predicted molar refractivity (Wildman–Crippen MR) is 102 cm³/mol. The fraction of sp³-hybridized carbons (Fsp3) is 0.316. The minimum Gasteiger partial charge on any atom is -0.353 e. The van der Waals surface area contributed by atoms with Gasteiger partial charge in [0.2, 0.25) is 6.41 Å². The van der Waals surface area contributed by atoms with Crippen LogP contribution in [0.4, 0.5) is 5.82 Å². The molecule has 0 aliphatic carbocycles. The summed E-state index contributed by atoms with van der Waals surface area (Å²) in [5.74, 6) is 0.639. The van der Waals surface area contributed by atoms with Crippen molar-refractivity contribution in [1.82, 2.24) is 15.2 Å². The topological polar surface area (TPSA) is 65.5 Å². The van der Waals surface area contributed by atoms with Crippen LogP contribution in [0.3, 0.4) is 0 Å². The summed E-state index contributed by atoms with van der Waals surface area (Å²) in [6.45, 7) is 3.30. The van der Waals surface area contributed by atoms with Crippen LogP contribution in [0.25, 0.3) is 0 Å². The van der Waals surface area contributed by atoms with Gasteiger partial charge in [0.1, 0.15) is 5.82 Å². The maximum absolute atomic E-state index is 12.4. The number of hydrogen-bond donors (Lipinski definition) is 1. The van der Waals surface area contributed by atoms with Gasteiger partial charge in [0.25, 0.3) is 5.91 Å². The Balaban J connectivity index is 1.55. The van der Waals surface area contributed by atoms with E-state index in [1.54, 1.807) is 23.2 Å². The molecule has 0 radical (unpaired) electrons. The van der Waals surface area contributed by atoms with Crippen molar-refractivity contribution in [2.45, 2.75) is 6.42 Å². The number of piperazine rings is 1. The first-order chi connectivity index (χ1) is 12.7. The Bertz CT molecular complexity index is 776. The summed E-state index contributed by atoms with van der Waals surface area (Å²) < 4.78 is 0. The number of amides is 2. The molecular formula is C19H21ClN4O2. The first kappa shape index (κ1) is 18.2. The summed E-state index contributed by atoms with van der Waals surface area (Å²) in [6.07, 6.45) is 3.24. The van der Waals surface area contributed by atoms with Gasteiger partial charge in [0, 0.05) is 49.5 Å². The molecule has 6 nitrogen and oxygen atoms in total. The second kappa shape index (κ2) is 8.67. The van der Waals surface area contributed by atoms with Crippen LogP contribution in [0.2, 0.25) is 5.02 Å². The van der Waals surface area contributed by atoms with Crippen LogP contribution in [0.15, 0.2) is 42.6 Å². The molecule has 1 fully saturated rings. The lowest BCUT2D eigenvalue weighted by Gasteiger charge is -2.33. The van der Waals surface area contributed by atoms with Gasteiger partial charge in [-0.2, -0.15) is 0 Å². The zero-order valence-electron chi connectivity index (χ0n) is 14.4. The molecule has 1 aliphatic heterocycles. The molecule has 0 atom stereocenters. The van der Waals surface area contributed by atoms with Crippen molar-refractivity contribution in [3.63, 3.8) is 0 Å². The fourth-order valence-corrected chi connectivity index (χ4v) is 3.12. The molecule has 0 unspecified atom stereocenters. The molecule has 0 spiro atoms. The zero-order valence-corrected chi connectivity index (χ0v) is 15.2. The number of nitrogens with zero attached hydrogens (tertiary/aromatic N) is 3. The Hall–Kier alpha value is -2.60. The van der Waals surface area contributed by atoms with Crippen LogP contribution >= 0.6 is 11.6 Å². The number of hydrogen-bond acceptors (Lipinski definition) is 4. The summed E-state index contributed by atoms with van der Waals surface area (Å²) in [4.78, 5) is 31.4. The minimum absolute atomic E-state index is 0.123. The van der Waals surface area contributed by atoms with Gasteiger partial charge in [-0.3, -0.25) is 9.59 Å². The summed E-state index contributed by atoms with van der Waals surface area (Å²) in [6, 6.07) is 11.1. The van der Waals surface area contributed by atoms with Crippen LogP contribution in [-0.2, 0) is 11.2 Å². The number of halogens is 1. The van der Waals surface area contributed by atoms with Gasteiger partial charge >= 0.3 is 0 Å². The third kappa shape index (κ3) is 4.73. The molecule has 1 saturated heterocycles. The van der Waals surface area contributed by atoms with Crippen molar-refractivity contribution in [3.05, 3.63) is 58.7 Å². The van der Waals surface area contributed by atoms with Crippen LogP contribution in [-0.4, -0.2) is 54.9 Å². The van der Waals surface area contributed by atoms with E-state index in [2.05, 4.69) is 15.2 Å². The minimum atomic E-state index is -0.123. The van der Waals surface area contributed by atoms with E-state index in [9.17, 15) is 9.59 Å². The number of carbonyl (C=O) groups is 2. The number of aromatic nitrogens is 1. The molecule has 2 amide bonds. The maximum Gasteiger partial charge on any atom is 0.251 e. The highest BCUT2D eigenvalue weighted by Gasteiger charge is 2.17. The molecule has 1 aromatic heterocycles. The quantitative estimate of drug-likeness (QED) is 0.787. The Kier molecular flexibility index (Phi) is 6.07. The van der Waals surface area contributed by atoms with Crippen LogP contribution in [0.1, 0.15) is 15.9 Å². The standard InChI is InChI=1S/C19H21ClN4O2/c20-17-3-1-2-15(12-17)4-6-22-19(26)16-5-7-21-18(13-16)24-10-8-23(14-25)9-11-24/h1-3,5,7,12-14H,4,6,8-11H2,(H,22,26). The van der Waals surface area contributed by atoms with Gasteiger partial charge in [0.05, 0.1) is 0 Å². The van der Waals surface area contributed by atoms with Gasteiger partial charge in [-0.1, -0.05) is 23.7 Å². The first-order valence-electron chi connectivity index (χ1n) is 8.59. The highest BCUT2D eigenvalue weighted by Crippen LogP contribution is 2.15. The molecule has 0 saturated carbocycles. The molecule has 136 valence electrons. The third-order valence-corrected chi connectivity index (χ3v) is 4.62.